The lowest BCUT2D eigenvalue weighted by molar-refractivity contribution is 0.0601. The van der Waals surface area contributed by atoms with Gasteiger partial charge in [0.15, 0.2) is 5.65 Å². The molecule has 0 aliphatic carbocycles. The summed E-state index contributed by atoms with van der Waals surface area (Å²) in [5.41, 5.74) is 4.87. The molecule has 2 heterocycles. The van der Waals surface area contributed by atoms with Gasteiger partial charge in [-0.1, -0.05) is 18.2 Å². The number of rotatable bonds is 3. The molecule has 0 bridgehead atoms. The lowest BCUT2D eigenvalue weighted by Gasteiger charge is -2.13. The van der Waals surface area contributed by atoms with Crippen molar-refractivity contribution in [2.24, 2.45) is 0 Å². The van der Waals surface area contributed by atoms with Gasteiger partial charge in [0.05, 0.1) is 29.3 Å². The molecule has 132 valence electrons. The smallest absolute Gasteiger partial charge is 0.337 e. The standard InChI is InChI=1S/C21H16N4O2/c1-13-10-19(23-15-7-5-6-14(11-15)21(26)27-2)25-18-9-4-3-8-17(18)24-20(25)16(13)12-22/h3-11,23H,1-2H3. The molecule has 2 aromatic heterocycles. The van der Waals surface area contributed by atoms with Crippen molar-refractivity contribution in [1.29, 1.82) is 5.26 Å². The molecule has 0 aliphatic heterocycles. The fourth-order valence-electron chi connectivity index (χ4n) is 3.18. The van der Waals surface area contributed by atoms with Gasteiger partial charge in [-0.05, 0) is 48.9 Å². The Morgan fingerprint density at radius 1 is 1.19 bits per heavy atom. The number of carbonyl (C=O) groups is 1. The zero-order valence-corrected chi connectivity index (χ0v) is 14.9. The van der Waals surface area contributed by atoms with E-state index in [1.54, 1.807) is 18.2 Å². The number of esters is 1. The number of nitrogens with one attached hydrogen (secondary N) is 1. The molecule has 0 saturated heterocycles. The normalized spacial score (nSPS) is 10.7. The number of ether oxygens (including phenoxy) is 1. The molecule has 0 fully saturated rings. The summed E-state index contributed by atoms with van der Waals surface area (Å²) in [7, 11) is 1.35. The summed E-state index contributed by atoms with van der Waals surface area (Å²) < 4.78 is 6.71. The summed E-state index contributed by atoms with van der Waals surface area (Å²) in [6.45, 7) is 1.88. The fraction of sp³-hybridized carbons (Fsp3) is 0.0952. The molecule has 1 N–H and O–H groups in total. The molecule has 6 nitrogen and oxygen atoms in total. The topological polar surface area (TPSA) is 79.4 Å². The maximum atomic E-state index is 11.8. The molecule has 0 unspecified atom stereocenters. The molecule has 4 aromatic rings. The van der Waals surface area contributed by atoms with Crippen LogP contribution in [0, 0.1) is 18.3 Å². The summed E-state index contributed by atoms with van der Waals surface area (Å²) in [6.07, 6.45) is 0. The summed E-state index contributed by atoms with van der Waals surface area (Å²) in [5, 5.41) is 12.9. The Morgan fingerprint density at radius 3 is 2.78 bits per heavy atom. The average molecular weight is 356 g/mol. The number of aryl methyl sites for hydroxylation is 1. The number of benzene rings is 2. The Bertz CT molecular complexity index is 1230. The van der Waals surface area contributed by atoms with Crippen molar-refractivity contribution in [2.75, 3.05) is 12.4 Å². The van der Waals surface area contributed by atoms with E-state index in [-0.39, 0.29) is 0 Å². The largest absolute Gasteiger partial charge is 0.465 e. The fourth-order valence-corrected chi connectivity index (χ4v) is 3.18. The van der Waals surface area contributed by atoms with E-state index >= 15 is 0 Å². The number of anilines is 2. The van der Waals surface area contributed by atoms with Crippen molar-refractivity contribution in [3.05, 3.63) is 71.3 Å². The summed E-state index contributed by atoms with van der Waals surface area (Å²) >= 11 is 0. The number of methoxy groups -OCH3 is 1. The Kier molecular flexibility index (Phi) is 3.98. The van der Waals surface area contributed by atoms with Crippen LogP contribution in [-0.2, 0) is 4.74 Å². The van der Waals surface area contributed by atoms with Gasteiger partial charge in [-0.25, -0.2) is 9.78 Å². The van der Waals surface area contributed by atoms with Crippen molar-refractivity contribution >= 4 is 34.2 Å². The number of para-hydroxylation sites is 2. The van der Waals surface area contributed by atoms with Crippen molar-refractivity contribution < 1.29 is 9.53 Å². The van der Waals surface area contributed by atoms with Gasteiger partial charge in [0.2, 0.25) is 0 Å². The first-order valence-electron chi connectivity index (χ1n) is 8.38. The Labute approximate surface area is 155 Å². The highest BCUT2D eigenvalue weighted by Gasteiger charge is 2.15. The number of fused-ring (bicyclic) bond motifs is 3. The number of hydrogen-bond donors (Lipinski definition) is 1. The summed E-state index contributed by atoms with van der Waals surface area (Å²) in [5.74, 6) is 0.366. The molecule has 0 saturated carbocycles. The molecule has 0 amide bonds. The van der Waals surface area contributed by atoms with E-state index in [9.17, 15) is 10.1 Å². The van der Waals surface area contributed by atoms with Gasteiger partial charge in [0, 0.05) is 5.69 Å². The minimum Gasteiger partial charge on any atom is -0.465 e. The molecule has 27 heavy (non-hydrogen) atoms. The van der Waals surface area contributed by atoms with Gasteiger partial charge in [0.25, 0.3) is 0 Å². The molecule has 4 rings (SSSR count). The quantitative estimate of drug-likeness (QED) is 0.557. The van der Waals surface area contributed by atoms with Crippen LogP contribution in [0.1, 0.15) is 21.5 Å². The Balaban J connectivity index is 1.92. The van der Waals surface area contributed by atoms with Crippen LogP contribution in [0.3, 0.4) is 0 Å². The highest BCUT2D eigenvalue weighted by molar-refractivity contribution is 5.91. The number of nitriles is 1. The number of aromatic nitrogens is 2. The van der Waals surface area contributed by atoms with Crippen LogP contribution < -0.4 is 5.32 Å². The maximum absolute atomic E-state index is 11.8. The third kappa shape index (κ3) is 2.75. The van der Waals surface area contributed by atoms with Gasteiger partial charge in [-0.15, -0.1) is 0 Å². The summed E-state index contributed by atoms with van der Waals surface area (Å²) in [4.78, 5) is 16.4. The minimum absolute atomic E-state index is 0.395. The van der Waals surface area contributed by atoms with Crippen LogP contribution in [-0.4, -0.2) is 22.5 Å². The van der Waals surface area contributed by atoms with Gasteiger partial charge >= 0.3 is 5.97 Å². The first kappa shape index (κ1) is 16.6. The molecule has 0 aliphatic rings. The van der Waals surface area contributed by atoms with Crippen LogP contribution in [0.25, 0.3) is 16.7 Å². The Morgan fingerprint density at radius 2 is 2.00 bits per heavy atom. The molecule has 0 spiro atoms. The highest BCUT2D eigenvalue weighted by Crippen LogP contribution is 2.28. The molecule has 6 heteroatoms. The second-order valence-corrected chi connectivity index (χ2v) is 6.16. The number of carbonyl (C=O) groups excluding carboxylic acids is 1. The molecule has 0 radical (unpaired) electrons. The van der Waals surface area contributed by atoms with E-state index < -0.39 is 5.97 Å². The van der Waals surface area contributed by atoms with Crippen LogP contribution in [0.15, 0.2) is 54.6 Å². The molecule has 0 atom stereocenters. The molecular formula is C21H16N4O2. The Hall–Kier alpha value is -3.85. The van der Waals surface area contributed by atoms with Crippen molar-refractivity contribution in [2.45, 2.75) is 6.92 Å². The van der Waals surface area contributed by atoms with Crippen LogP contribution in [0.4, 0.5) is 11.5 Å². The van der Waals surface area contributed by atoms with E-state index in [4.69, 9.17) is 4.74 Å². The van der Waals surface area contributed by atoms with Crippen molar-refractivity contribution in [3.8, 4) is 6.07 Å². The van der Waals surface area contributed by atoms with Crippen molar-refractivity contribution in [1.82, 2.24) is 9.38 Å². The lowest BCUT2D eigenvalue weighted by Crippen LogP contribution is -2.04. The van der Waals surface area contributed by atoms with Crippen LogP contribution in [0.2, 0.25) is 0 Å². The monoisotopic (exact) mass is 356 g/mol. The van der Waals surface area contributed by atoms with Gasteiger partial charge in [-0.2, -0.15) is 5.26 Å². The van der Waals surface area contributed by atoms with E-state index in [0.29, 0.717) is 16.8 Å². The van der Waals surface area contributed by atoms with Gasteiger partial charge in [-0.3, -0.25) is 4.40 Å². The first-order valence-corrected chi connectivity index (χ1v) is 8.38. The minimum atomic E-state index is -0.395. The second kappa shape index (κ2) is 6.46. The van der Waals surface area contributed by atoms with E-state index in [0.717, 1.165) is 28.1 Å². The van der Waals surface area contributed by atoms with Crippen molar-refractivity contribution in [3.63, 3.8) is 0 Å². The zero-order valence-electron chi connectivity index (χ0n) is 14.9. The maximum Gasteiger partial charge on any atom is 0.337 e. The van der Waals surface area contributed by atoms with Gasteiger partial charge < -0.3 is 10.1 Å². The first-order chi connectivity index (χ1) is 13.1. The summed E-state index contributed by atoms with van der Waals surface area (Å²) in [6, 6.07) is 19.0. The average Bonchev–Trinajstić information content (AvgIpc) is 3.07. The van der Waals surface area contributed by atoms with E-state index in [2.05, 4.69) is 16.4 Å². The van der Waals surface area contributed by atoms with Crippen LogP contribution in [0.5, 0.6) is 0 Å². The van der Waals surface area contributed by atoms with E-state index in [1.165, 1.54) is 7.11 Å². The predicted molar refractivity (Wildman–Crippen MR) is 103 cm³/mol. The third-order valence-corrected chi connectivity index (χ3v) is 4.44. The lowest BCUT2D eigenvalue weighted by atomic mass is 10.1. The zero-order chi connectivity index (χ0) is 19.0. The number of imidazole rings is 1. The SMILES string of the molecule is COC(=O)c1cccc(Nc2cc(C)c(C#N)c3nc4ccccc4n23)c1. The molecule has 2 aromatic carbocycles. The van der Waals surface area contributed by atoms with Gasteiger partial charge in [0.1, 0.15) is 11.9 Å². The molecular weight excluding hydrogens is 340 g/mol. The van der Waals surface area contributed by atoms with E-state index in [1.807, 2.05) is 47.7 Å². The third-order valence-electron chi connectivity index (χ3n) is 4.44. The second-order valence-electron chi connectivity index (χ2n) is 6.16. The van der Waals surface area contributed by atoms with Crippen LogP contribution >= 0.6 is 0 Å². The number of nitrogens with zero attached hydrogens (tertiary/aromatic N) is 3. The number of hydrogen-bond acceptors (Lipinski definition) is 5. The number of pyridine rings is 1. The highest BCUT2D eigenvalue weighted by atomic mass is 16.5. The predicted octanol–water partition coefficient (Wildman–Crippen LogP) is 4.20.